The van der Waals surface area contributed by atoms with E-state index in [-0.39, 0.29) is 17.7 Å². The number of hydrogen-bond acceptors (Lipinski definition) is 5. The highest BCUT2D eigenvalue weighted by Crippen LogP contribution is 2.31. The Kier molecular flexibility index (Phi) is 5.23. The first kappa shape index (κ1) is 18.5. The van der Waals surface area contributed by atoms with E-state index in [4.69, 9.17) is 4.42 Å². The number of likely N-dealkylation sites (tertiary alicyclic amines) is 2. The number of hydrogen-bond donors (Lipinski definition) is 1. The van der Waals surface area contributed by atoms with Crippen LogP contribution < -0.4 is 5.32 Å². The monoisotopic (exact) mass is 374 g/mol. The van der Waals surface area contributed by atoms with Crippen molar-refractivity contribution in [2.24, 2.45) is 5.92 Å². The van der Waals surface area contributed by atoms with Crippen LogP contribution in [0.1, 0.15) is 31.4 Å². The van der Waals surface area contributed by atoms with Crippen molar-refractivity contribution in [2.75, 3.05) is 46.3 Å². The fourth-order valence-corrected chi connectivity index (χ4v) is 4.88. The van der Waals surface area contributed by atoms with E-state index in [2.05, 4.69) is 15.1 Å². The molecule has 0 bridgehead atoms. The third-order valence-corrected chi connectivity index (χ3v) is 6.60. The van der Waals surface area contributed by atoms with Crippen LogP contribution in [0.3, 0.4) is 0 Å². The Bertz CT molecular complexity index is 667. The molecule has 0 aliphatic carbocycles. The van der Waals surface area contributed by atoms with Gasteiger partial charge < -0.3 is 14.6 Å². The molecule has 3 fully saturated rings. The van der Waals surface area contributed by atoms with Gasteiger partial charge in [0.2, 0.25) is 11.8 Å². The SMILES string of the molecule is CN1CCNC(=O)C12CCN(C(=O)C1CCCN(Cc3ccco3)C1)CC2. The summed E-state index contributed by atoms with van der Waals surface area (Å²) in [4.78, 5) is 32.1. The molecule has 4 heterocycles. The van der Waals surface area contributed by atoms with E-state index < -0.39 is 5.54 Å². The van der Waals surface area contributed by atoms with E-state index in [9.17, 15) is 9.59 Å². The minimum atomic E-state index is -0.424. The molecule has 1 aromatic rings. The molecule has 1 aromatic heterocycles. The Morgan fingerprint density at radius 2 is 2.11 bits per heavy atom. The number of likely N-dealkylation sites (N-methyl/N-ethyl adjacent to an activating group) is 1. The normalized spacial score (nSPS) is 26.9. The molecule has 0 radical (unpaired) electrons. The van der Waals surface area contributed by atoms with Crippen molar-refractivity contribution < 1.29 is 14.0 Å². The van der Waals surface area contributed by atoms with Crippen LogP contribution in [0.4, 0.5) is 0 Å². The fourth-order valence-electron chi connectivity index (χ4n) is 4.88. The van der Waals surface area contributed by atoms with Gasteiger partial charge in [-0.15, -0.1) is 0 Å². The van der Waals surface area contributed by atoms with E-state index in [1.165, 1.54) is 0 Å². The predicted octanol–water partition coefficient (Wildman–Crippen LogP) is 0.914. The van der Waals surface area contributed by atoms with Crippen LogP contribution in [0.25, 0.3) is 0 Å². The van der Waals surface area contributed by atoms with E-state index in [0.717, 1.165) is 57.6 Å². The molecule has 0 aromatic carbocycles. The lowest BCUT2D eigenvalue weighted by Crippen LogP contribution is -2.67. The first-order valence-electron chi connectivity index (χ1n) is 10.1. The third-order valence-electron chi connectivity index (χ3n) is 6.60. The molecular weight excluding hydrogens is 344 g/mol. The maximum Gasteiger partial charge on any atom is 0.240 e. The number of carbonyl (C=O) groups is 2. The van der Waals surface area contributed by atoms with E-state index in [1.807, 2.05) is 24.1 Å². The van der Waals surface area contributed by atoms with Crippen molar-refractivity contribution in [2.45, 2.75) is 37.8 Å². The van der Waals surface area contributed by atoms with Gasteiger partial charge in [-0.2, -0.15) is 0 Å². The Morgan fingerprint density at radius 3 is 2.81 bits per heavy atom. The molecule has 1 unspecified atom stereocenters. The first-order valence-corrected chi connectivity index (χ1v) is 10.1. The summed E-state index contributed by atoms with van der Waals surface area (Å²) in [6, 6.07) is 3.89. The summed E-state index contributed by atoms with van der Waals surface area (Å²) >= 11 is 0. The average Bonchev–Trinajstić information content (AvgIpc) is 3.19. The number of piperidine rings is 2. The van der Waals surface area contributed by atoms with Gasteiger partial charge in [0.15, 0.2) is 0 Å². The van der Waals surface area contributed by atoms with Crippen LogP contribution >= 0.6 is 0 Å². The van der Waals surface area contributed by atoms with Crippen molar-refractivity contribution in [3.05, 3.63) is 24.2 Å². The number of furan rings is 1. The highest BCUT2D eigenvalue weighted by molar-refractivity contribution is 5.88. The topological polar surface area (TPSA) is 69.0 Å². The van der Waals surface area contributed by atoms with Crippen molar-refractivity contribution in [1.29, 1.82) is 0 Å². The second-order valence-electron chi connectivity index (χ2n) is 8.19. The van der Waals surface area contributed by atoms with Gasteiger partial charge in [-0.3, -0.25) is 19.4 Å². The van der Waals surface area contributed by atoms with Gasteiger partial charge >= 0.3 is 0 Å². The van der Waals surface area contributed by atoms with Crippen LogP contribution in [-0.4, -0.2) is 78.4 Å². The molecule has 7 nitrogen and oxygen atoms in total. The summed E-state index contributed by atoms with van der Waals surface area (Å²) < 4.78 is 5.45. The second kappa shape index (κ2) is 7.64. The summed E-state index contributed by atoms with van der Waals surface area (Å²) in [7, 11) is 2.03. The molecule has 4 rings (SSSR count). The highest BCUT2D eigenvalue weighted by Gasteiger charge is 2.47. The maximum absolute atomic E-state index is 13.1. The number of nitrogens with zero attached hydrogens (tertiary/aromatic N) is 3. The van der Waals surface area contributed by atoms with Crippen molar-refractivity contribution in [1.82, 2.24) is 20.0 Å². The second-order valence-corrected chi connectivity index (χ2v) is 8.19. The molecule has 1 spiro atoms. The van der Waals surface area contributed by atoms with E-state index in [0.29, 0.717) is 19.6 Å². The molecule has 3 aliphatic heterocycles. The van der Waals surface area contributed by atoms with Crippen molar-refractivity contribution >= 4 is 11.8 Å². The Labute approximate surface area is 160 Å². The van der Waals surface area contributed by atoms with Crippen LogP contribution in [0.2, 0.25) is 0 Å². The molecule has 7 heteroatoms. The molecule has 27 heavy (non-hydrogen) atoms. The smallest absolute Gasteiger partial charge is 0.240 e. The molecule has 3 aliphatic rings. The number of nitrogens with one attached hydrogen (secondary N) is 1. The Morgan fingerprint density at radius 1 is 1.30 bits per heavy atom. The maximum atomic E-state index is 13.1. The van der Waals surface area contributed by atoms with Gasteiger partial charge in [0, 0.05) is 32.7 Å². The third kappa shape index (κ3) is 3.62. The zero-order chi connectivity index (χ0) is 18.9. The number of amides is 2. The quantitative estimate of drug-likeness (QED) is 0.852. The Balaban J connectivity index is 1.34. The largest absolute Gasteiger partial charge is 0.468 e. The fraction of sp³-hybridized carbons (Fsp3) is 0.700. The van der Waals surface area contributed by atoms with Gasteiger partial charge in [-0.05, 0) is 51.4 Å². The number of carbonyl (C=O) groups excluding carboxylic acids is 2. The lowest BCUT2D eigenvalue weighted by atomic mass is 9.83. The van der Waals surface area contributed by atoms with Crippen molar-refractivity contribution in [3.63, 3.8) is 0 Å². The lowest BCUT2D eigenvalue weighted by Gasteiger charge is -2.49. The zero-order valence-corrected chi connectivity index (χ0v) is 16.2. The average molecular weight is 374 g/mol. The van der Waals surface area contributed by atoms with Crippen LogP contribution in [-0.2, 0) is 16.1 Å². The standard InChI is InChI=1S/C20H30N4O3/c1-22-12-8-21-19(26)20(22)6-10-24(11-7-20)18(25)16-4-2-9-23(14-16)15-17-5-3-13-27-17/h3,5,13,16H,2,4,6-12,14-15H2,1H3,(H,21,26). The van der Waals surface area contributed by atoms with E-state index in [1.54, 1.807) is 6.26 Å². The van der Waals surface area contributed by atoms with Crippen molar-refractivity contribution in [3.8, 4) is 0 Å². The first-order chi connectivity index (χ1) is 13.1. The summed E-state index contributed by atoms with van der Waals surface area (Å²) in [5.41, 5.74) is -0.424. The minimum Gasteiger partial charge on any atom is -0.468 e. The highest BCUT2D eigenvalue weighted by atomic mass is 16.3. The predicted molar refractivity (Wildman–Crippen MR) is 101 cm³/mol. The van der Waals surface area contributed by atoms with Crippen LogP contribution in [0.5, 0.6) is 0 Å². The summed E-state index contributed by atoms with van der Waals surface area (Å²) in [6.07, 6.45) is 5.15. The molecule has 2 amide bonds. The van der Waals surface area contributed by atoms with Gasteiger partial charge in [0.1, 0.15) is 11.3 Å². The molecule has 1 N–H and O–H groups in total. The Hall–Kier alpha value is -1.86. The molecule has 0 saturated carbocycles. The van der Waals surface area contributed by atoms with Gasteiger partial charge in [-0.25, -0.2) is 0 Å². The molecule has 1 atom stereocenters. The lowest BCUT2D eigenvalue weighted by molar-refractivity contribution is -0.147. The van der Waals surface area contributed by atoms with E-state index >= 15 is 0 Å². The minimum absolute atomic E-state index is 0.0562. The molecule has 3 saturated heterocycles. The van der Waals surface area contributed by atoms with Crippen LogP contribution in [0, 0.1) is 5.92 Å². The molecular formula is C20H30N4O3. The zero-order valence-electron chi connectivity index (χ0n) is 16.2. The summed E-state index contributed by atoms with van der Waals surface area (Å²) in [6.45, 7) is 5.51. The summed E-state index contributed by atoms with van der Waals surface area (Å²) in [5.74, 6) is 1.40. The number of rotatable bonds is 3. The summed E-state index contributed by atoms with van der Waals surface area (Å²) in [5, 5.41) is 3.01. The van der Waals surface area contributed by atoms with Gasteiger partial charge in [-0.1, -0.05) is 0 Å². The van der Waals surface area contributed by atoms with Crippen LogP contribution in [0.15, 0.2) is 22.8 Å². The van der Waals surface area contributed by atoms with Gasteiger partial charge in [0.25, 0.3) is 0 Å². The molecule has 148 valence electrons. The van der Waals surface area contributed by atoms with Gasteiger partial charge in [0.05, 0.1) is 18.7 Å². The number of piperazine rings is 1.